The van der Waals surface area contributed by atoms with Gasteiger partial charge < -0.3 is 9.99 Å². The lowest BCUT2D eigenvalue weighted by molar-refractivity contribution is 0.00318. The maximum Gasteiger partial charge on any atom is 0.137 e. The minimum atomic E-state index is -0.330. The zero-order chi connectivity index (χ0) is 17.4. The first-order valence-electron chi connectivity index (χ1n) is 8.25. The van der Waals surface area contributed by atoms with Gasteiger partial charge in [-0.25, -0.2) is 14.7 Å². The molecule has 2 aromatic rings. The molecule has 6 nitrogen and oxygen atoms in total. The van der Waals surface area contributed by atoms with Crippen LogP contribution in [-0.2, 0) is 0 Å². The minimum absolute atomic E-state index is 0.226. The van der Waals surface area contributed by atoms with Gasteiger partial charge in [-0.1, -0.05) is 30.5 Å². The van der Waals surface area contributed by atoms with Crippen molar-refractivity contribution in [1.29, 1.82) is 5.26 Å². The van der Waals surface area contributed by atoms with Gasteiger partial charge in [0.1, 0.15) is 11.1 Å². The van der Waals surface area contributed by atoms with E-state index in [1.54, 1.807) is 6.20 Å². The topological polar surface area (TPSA) is 71.0 Å². The maximum atomic E-state index is 9.31. The third kappa shape index (κ3) is 2.79. The Morgan fingerprint density at radius 3 is 3.08 bits per heavy atom. The Bertz CT molecular complexity index is 850. The van der Waals surface area contributed by atoms with Crippen LogP contribution in [0.3, 0.4) is 0 Å². The van der Waals surface area contributed by atoms with E-state index in [2.05, 4.69) is 43.9 Å². The maximum absolute atomic E-state index is 9.31. The minimum Gasteiger partial charge on any atom is -0.346 e. The highest BCUT2D eigenvalue weighted by Gasteiger charge is 2.49. The monoisotopic (exact) mass is 374 g/mol. The average molecular weight is 375 g/mol. The van der Waals surface area contributed by atoms with E-state index in [9.17, 15) is 5.26 Å². The van der Waals surface area contributed by atoms with Crippen LogP contribution in [0.1, 0.15) is 18.9 Å². The van der Waals surface area contributed by atoms with Gasteiger partial charge in [0.15, 0.2) is 0 Å². The van der Waals surface area contributed by atoms with Crippen molar-refractivity contribution in [3.05, 3.63) is 36.3 Å². The fraction of sp³-hybridized carbons (Fsp3) is 0.412. The van der Waals surface area contributed by atoms with Gasteiger partial charge in [0.25, 0.3) is 0 Å². The van der Waals surface area contributed by atoms with E-state index in [0.717, 1.165) is 41.0 Å². The summed E-state index contributed by atoms with van der Waals surface area (Å²) < 4.78 is 2.30. The largest absolute Gasteiger partial charge is 0.346 e. The highest BCUT2D eigenvalue weighted by atomic mass is 35.5. The molecule has 2 aromatic heterocycles. The van der Waals surface area contributed by atoms with E-state index in [-0.39, 0.29) is 11.0 Å². The summed E-state index contributed by atoms with van der Waals surface area (Å²) in [6, 6.07) is 6.34. The highest BCUT2D eigenvalue weighted by molar-refractivity contribution is 7.97. The summed E-state index contributed by atoms with van der Waals surface area (Å²) in [5.41, 5.74) is 5.70. The Morgan fingerprint density at radius 1 is 1.48 bits per heavy atom. The first-order chi connectivity index (χ1) is 12.2. The Balaban J connectivity index is 1.65. The van der Waals surface area contributed by atoms with Crippen molar-refractivity contribution >= 4 is 40.2 Å². The van der Waals surface area contributed by atoms with Gasteiger partial charge in [-0.15, -0.1) is 0 Å². The van der Waals surface area contributed by atoms with E-state index >= 15 is 0 Å². The standard InChI is InChI=1S/C17H19ClN6S/c1-2-25-23-10-17(11-23,5-6-19)24-9-14(15(18)22-24)12-3-7-20-16-13(12)4-8-21-16/h3-4,7-9,15,22H,2,5,10-11H2,1H3,(H,20,21). The Morgan fingerprint density at radius 2 is 2.32 bits per heavy atom. The SMILES string of the molecule is CCSN1CC(CC#N)(N2C=C(c3ccnc4[nH]ccc34)C(Cl)N2)C1. The lowest BCUT2D eigenvalue weighted by Crippen LogP contribution is -2.69. The zero-order valence-corrected chi connectivity index (χ0v) is 15.4. The number of nitrogens with one attached hydrogen (secondary N) is 2. The van der Waals surface area contributed by atoms with Gasteiger partial charge in [-0.05, 0) is 17.7 Å². The molecule has 4 heterocycles. The number of nitrogens with zero attached hydrogens (tertiary/aromatic N) is 4. The van der Waals surface area contributed by atoms with Gasteiger partial charge in [0.05, 0.1) is 18.0 Å². The van der Waals surface area contributed by atoms with E-state index < -0.39 is 0 Å². The number of aromatic nitrogens is 2. The summed E-state index contributed by atoms with van der Waals surface area (Å²) in [6.45, 7) is 3.83. The number of alkyl halides is 1. The van der Waals surface area contributed by atoms with Crippen LogP contribution in [0.4, 0.5) is 0 Å². The molecule has 0 radical (unpaired) electrons. The molecule has 0 saturated carbocycles. The number of hydrogen-bond acceptors (Lipinski definition) is 6. The van der Waals surface area contributed by atoms with Crippen LogP contribution in [0.5, 0.6) is 0 Å². The molecule has 2 aliphatic heterocycles. The van der Waals surface area contributed by atoms with E-state index in [0.29, 0.717) is 6.42 Å². The van der Waals surface area contributed by atoms with Gasteiger partial charge in [-0.2, -0.15) is 5.26 Å². The van der Waals surface area contributed by atoms with E-state index in [4.69, 9.17) is 11.6 Å². The van der Waals surface area contributed by atoms with Crippen LogP contribution in [0.15, 0.2) is 30.7 Å². The summed E-state index contributed by atoms with van der Waals surface area (Å²) in [4.78, 5) is 7.48. The van der Waals surface area contributed by atoms with Crippen LogP contribution in [-0.4, -0.2) is 49.2 Å². The molecule has 0 aliphatic carbocycles. The molecule has 0 amide bonds. The quantitative estimate of drug-likeness (QED) is 0.476. The van der Waals surface area contributed by atoms with Crippen molar-refractivity contribution in [1.82, 2.24) is 24.7 Å². The molecule has 130 valence electrons. The summed E-state index contributed by atoms with van der Waals surface area (Å²) in [5, 5.41) is 12.4. The molecule has 2 aliphatic rings. The number of H-pyrrole nitrogens is 1. The predicted molar refractivity (Wildman–Crippen MR) is 101 cm³/mol. The normalized spacial score (nSPS) is 22.7. The molecule has 1 unspecified atom stereocenters. The Hall–Kier alpha value is -1.72. The van der Waals surface area contributed by atoms with Crippen molar-refractivity contribution in [2.45, 2.75) is 24.4 Å². The fourth-order valence-corrected chi connectivity index (χ4v) is 4.81. The molecule has 8 heteroatoms. The second kappa shape index (κ2) is 6.54. The third-order valence-electron chi connectivity index (χ3n) is 4.74. The van der Waals surface area contributed by atoms with Gasteiger partial charge in [0, 0.05) is 48.4 Å². The van der Waals surface area contributed by atoms with Gasteiger partial charge >= 0.3 is 0 Å². The smallest absolute Gasteiger partial charge is 0.137 e. The number of halogens is 1. The fourth-order valence-electron chi connectivity index (χ4n) is 3.51. The van der Waals surface area contributed by atoms with Crippen LogP contribution in [0, 0.1) is 11.3 Å². The Kier molecular flexibility index (Phi) is 4.38. The highest BCUT2D eigenvalue weighted by Crippen LogP contribution is 2.40. The molecule has 25 heavy (non-hydrogen) atoms. The number of nitriles is 1. The average Bonchev–Trinajstić information content (AvgIpc) is 3.19. The predicted octanol–water partition coefficient (Wildman–Crippen LogP) is 2.93. The van der Waals surface area contributed by atoms with Crippen molar-refractivity contribution in [3.63, 3.8) is 0 Å². The van der Waals surface area contributed by atoms with Crippen molar-refractivity contribution in [2.24, 2.45) is 0 Å². The van der Waals surface area contributed by atoms with Gasteiger partial charge in [0.2, 0.25) is 0 Å². The number of fused-ring (bicyclic) bond motifs is 1. The lowest BCUT2D eigenvalue weighted by atomic mass is 9.88. The summed E-state index contributed by atoms with van der Waals surface area (Å²) in [6.07, 6.45) is 6.19. The molecule has 2 N–H and O–H groups in total. The van der Waals surface area contributed by atoms with E-state index in [1.807, 2.05) is 30.3 Å². The lowest BCUT2D eigenvalue weighted by Gasteiger charge is -2.53. The molecule has 1 saturated heterocycles. The summed E-state index contributed by atoms with van der Waals surface area (Å²) in [7, 11) is 0. The molecular formula is C17H19ClN6S. The first kappa shape index (κ1) is 16.7. The molecule has 0 bridgehead atoms. The second-order valence-corrected chi connectivity index (χ2v) is 8.11. The molecule has 1 fully saturated rings. The molecule has 1 atom stereocenters. The van der Waals surface area contributed by atoms with Crippen LogP contribution in [0.2, 0.25) is 0 Å². The van der Waals surface area contributed by atoms with Crippen molar-refractivity contribution in [3.8, 4) is 6.07 Å². The van der Waals surface area contributed by atoms with E-state index in [1.165, 1.54) is 0 Å². The molecule has 4 rings (SSSR count). The summed E-state index contributed by atoms with van der Waals surface area (Å²) >= 11 is 8.42. The van der Waals surface area contributed by atoms with Crippen LogP contribution >= 0.6 is 23.5 Å². The number of rotatable bonds is 5. The van der Waals surface area contributed by atoms with Crippen LogP contribution in [0.25, 0.3) is 16.6 Å². The molecule has 0 spiro atoms. The van der Waals surface area contributed by atoms with Crippen molar-refractivity contribution in [2.75, 3.05) is 18.8 Å². The zero-order valence-electron chi connectivity index (χ0n) is 13.9. The summed E-state index contributed by atoms with van der Waals surface area (Å²) in [5.74, 6) is 1.04. The first-order valence-corrected chi connectivity index (χ1v) is 9.63. The second-order valence-electron chi connectivity index (χ2n) is 6.32. The molecule has 0 aromatic carbocycles. The Labute approximate surface area is 155 Å². The number of hydrogen-bond donors (Lipinski definition) is 2. The number of pyridine rings is 1. The number of aromatic amines is 1. The number of hydrazine groups is 1. The third-order valence-corrected chi connectivity index (χ3v) is 5.95. The van der Waals surface area contributed by atoms with Crippen LogP contribution < -0.4 is 5.43 Å². The van der Waals surface area contributed by atoms with Gasteiger partial charge in [-0.3, -0.25) is 0 Å². The molecular weight excluding hydrogens is 356 g/mol. The van der Waals surface area contributed by atoms with Crippen molar-refractivity contribution < 1.29 is 0 Å².